The molecule has 1 saturated heterocycles. The Kier molecular flexibility index (Phi) is 7.77. The van der Waals surface area contributed by atoms with Gasteiger partial charge in [-0.25, -0.2) is 0 Å². The van der Waals surface area contributed by atoms with Gasteiger partial charge < -0.3 is 14.5 Å². The number of fused-ring (bicyclic) bond motifs is 2. The lowest BCUT2D eigenvalue weighted by Gasteiger charge is -2.43. The molecule has 5 rings (SSSR count). The molecule has 1 aliphatic carbocycles. The zero-order chi connectivity index (χ0) is 24.1. The van der Waals surface area contributed by atoms with Crippen molar-refractivity contribution < 1.29 is 14.0 Å². The molecule has 0 aromatic heterocycles. The van der Waals surface area contributed by atoms with Crippen LogP contribution in [0.15, 0.2) is 48.5 Å². The van der Waals surface area contributed by atoms with Crippen molar-refractivity contribution in [1.29, 1.82) is 0 Å². The summed E-state index contributed by atoms with van der Waals surface area (Å²) in [4.78, 5) is 13.6. The standard InChI is InChI=1S/C31H42N2O2/c1-33(23-24-13-7-5-3-2-4-6-8-14-24)21-19-25(20-22-33)32-31(34)30-26-15-9-11-17-28(26)35-29-18-12-10-16-27(29)30/h9-12,15-18,24-25,30H,2-8,13-14,19-23H2,1H3/p+1. The van der Waals surface area contributed by atoms with Gasteiger partial charge in [0.15, 0.2) is 0 Å². The first-order valence-electron chi connectivity index (χ1n) is 14.1. The second-order valence-electron chi connectivity index (χ2n) is 11.6. The van der Waals surface area contributed by atoms with Crippen LogP contribution < -0.4 is 10.1 Å². The number of piperidine rings is 1. The zero-order valence-electron chi connectivity index (χ0n) is 21.5. The van der Waals surface area contributed by atoms with Crippen molar-refractivity contribution in [3.8, 4) is 11.5 Å². The summed E-state index contributed by atoms with van der Waals surface area (Å²) in [6, 6.07) is 16.2. The van der Waals surface area contributed by atoms with Gasteiger partial charge in [-0.15, -0.1) is 0 Å². The Hall–Kier alpha value is -2.33. The summed E-state index contributed by atoms with van der Waals surface area (Å²) in [5.41, 5.74) is 1.94. The van der Waals surface area contributed by atoms with E-state index in [1.54, 1.807) is 0 Å². The number of ether oxygens (including phenoxy) is 1. The molecule has 1 N–H and O–H groups in total. The topological polar surface area (TPSA) is 38.3 Å². The van der Waals surface area contributed by atoms with Crippen LogP contribution in [0.5, 0.6) is 11.5 Å². The van der Waals surface area contributed by atoms with Gasteiger partial charge in [-0.2, -0.15) is 0 Å². The van der Waals surface area contributed by atoms with Crippen LogP contribution in [0, 0.1) is 5.92 Å². The molecular formula is C31H43N2O2+. The minimum absolute atomic E-state index is 0.113. The SMILES string of the molecule is C[N+]1(CC2CCCCCCCCC2)CCC(NC(=O)C2c3ccccc3Oc3ccccc32)CC1. The van der Waals surface area contributed by atoms with Crippen molar-refractivity contribution in [1.82, 2.24) is 5.32 Å². The van der Waals surface area contributed by atoms with Crippen LogP contribution in [0.1, 0.15) is 87.7 Å². The van der Waals surface area contributed by atoms with Crippen molar-refractivity contribution in [2.24, 2.45) is 5.92 Å². The maximum absolute atomic E-state index is 13.6. The summed E-state index contributed by atoms with van der Waals surface area (Å²) >= 11 is 0. The van der Waals surface area contributed by atoms with E-state index in [1.807, 2.05) is 48.5 Å². The fourth-order valence-electron chi connectivity index (χ4n) is 6.70. The van der Waals surface area contributed by atoms with Gasteiger partial charge in [-0.1, -0.05) is 81.3 Å². The monoisotopic (exact) mass is 475 g/mol. The second-order valence-corrected chi connectivity index (χ2v) is 11.6. The van der Waals surface area contributed by atoms with Gasteiger partial charge in [-0.05, 0) is 25.0 Å². The zero-order valence-corrected chi connectivity index (χ0v) is 21.5. The number of rotatable bonds is 4. The predicted octanol–water partition coefficient (Wildman–Crippen LogP) is 6.79. The van der Waals surface area contributed by atoms with Crippen LogP contribution in [0.4, 0.5) is 0 Å². The number of carbonyl (C=O) groups excluding carboxylic acids is 1. The fraction of sp³-hybridized carbons (Fsp3) is 0.581. The smallest absolute Gasteiger partial charge is 0.232 e. The van der Waals surface area contributed by atoms with Crippen molar-refractivity contribution >= 4 is 5.91 Å². The van der Waals surface area contributed by atoms with Crippen LogP contribution >= 0.6 is 0 Å². The molecule has 35 heavy (non-hydrogen) atoms. The highest BCUT2D eigenvalue weighted by Crippen LogP contribution is 2.44. The largest absolute Gasteiger partial charge is 0.457 e. The highest BCUT2D eigenvalue weighted by atomic mass is 16.5. The van der Waals surface area contributed by atoms with E-state index in [2.05, 4.69) is 12.4 Å². The molecule has 4 heteroatoms. The first-order chi connectivity index (χ1) is 17.1. The first kappa shape index (κ1) is 24.4. The Labute approximate surface area is 211 Å². The molecule has 2 aliphatic heterocycles. The minimum Gasteiger partial charge on any atom is -0.457 e. The number of hydrogen-bond donors (Lipinski definition) is 1. The van der Waals surface area contributed by atoms with Crippen LogP contribution in [-0.2, 0) is 4.79 Å². The number of likely N-dealkylation sites (tertiary alicyclic amines) is 1. The van der Waals surface area contributed by atoms with Gasteiger partial charge >= 0.3 is 0 Å². The summed E-state index contributed by atoms with van der Waals surface area (Å²) in [5, 5.41) is 3.44. The predicted molar refractivity (Wildman–Crippen MR) is 142 cm³/mol. The van der Waals surface area contributed by atoms with Gasteiger partial charge in [0.05, 0.1) is 32.6 Å². The third-order valence-corrected chi connectivity index (χ3v) is 8.75. The van der Waals surface area contributed by atoms with E-state index < -0.39 is 0 Å². The van der Waals surface area contributed by atoms with Crippen LogP contribution in [0.2, 0.25) is 0 Å². The Bertz CT molecular complexity index is 939. The minimum atomic E-state index is -0.304. The summed E-state index contributed by atoms with van der Waals surface area (Å²) in [6.07, 6.45) is 15.0. The molecule has 3 aliphatic rings. The van der Waals surface area contributed by atoms with Gasteiger partial charge in [0.1, 0.15) is 11.5 Å². The van der Waals surface area contributed by atoms with E-state index in [0.717, 1.165) is 41.4 Å². The molecule has 4 nitrogen and oxygen atoms in total. The van der Waals surface area contributed by atoms with E-state index in [1.165, 1.54) is 81.9 Å². The fourth-order valence-corrected chi connectivity index (χ4v) is 6.70. The molecule has 1 saturated carbocycles. The Morgan fingerprint density at radius 2 is 1.31 bits per heavy atom. The number of nitrogens with one attached hydrogen (secondary N) is 1. The van der Waals surface area contributed by atoms with E-state index in [0.29, 0.717) is 0 Å². The quantitative estimate of drug-likeness (QED) is 0.494. The average molecular weight is 476 g/mol. The van der Waals surface area contributed by atoms with Crippen LogP contribution in [0.25, 0.3) is 0 Å². The third-order valence-electron chi connectivity index (χ3n) is 8.75. The Morgan fingerprint density at radius 3 is 1.89 bits per heavy atom. The number of amides is 1. The number of benzene rings is 2. The molecule has 2 aromatic carbocycles. The maximum Gasteiger partial charge on any atom is 0.232 e. The molecule has 2 aromatic rings. The summed E-state index contributed by atoms with van der Waals surface area (Å²) in [6.45, 7) is 3.66. The number of quaternary nitrogens is 1. The molecule has 0 spiro atoms. The number of para-hydroxylation sites is 2. The lowest BCUT2D eigenvalue weighted by Crippen LogP contribution is -2.56. The third kappa shape index (κ3) is 5.91. The lowest BCUT2D eigenvalue weighted by molar-refractivity contribution is -0.917. The van der Waals surface area contributed by atoms with Gasteiger partial charge in [-0.3, -0.25) is 4.79 Å². The molecule has 0 radical (unpaired) electrons. The van der Waals surface area contributed by atoms with E-state index in [-0.39, 0.29) is 17.9 Å². The molecule has 1 amide bonds. The summed E-state index contributed by atoms with van der Waals surface area (Å²) < 4.78 is 7.28. The van der Waals surface area contributed by atoms with E-state index in [9.17, 15) is 4.79 Å². The Balaban J connectivity index is 1.20. The number of carbonyl (C=O) groups is 1. The molecule has 2 heterocycles. The van der Waals surface area contributed by atoms with Crippen LogP contribution in [0.3, 0.4) is 0 Å². The molecule has 0 unspecified atom stereocenters. The van der Waals surface area contributed by atoms with Crippen LogP contribution in [-0.4, -0.2) is 43.1 Å². The van der Waals surface area contributed by atoms with Crippen molar-refractivity contribution in [2.45, 2.75) is 82.6 Å². The van der Waals surface area contributed by atoms with Gasteiger partial charge in [0.2, 0.25) is 5.91 Å². The molecule has 188 valence electrons. The average Bonchev–Trinajstić information content (AvgIpc) is 2.87. The van der Waals surface area contributed by atoms with E-state index >= 15 is 0 Å². The normalized spacial score (nSPS) is 26.1. The van der Waals surface area contributed by atoms with Crippen molar-refractivity contribution in [2.75, 3.05) is 26.7 Å². The molecular weight excluding hydrogens is 432 g/mol. The lowest BCUT2D eigenvalue weighted by atomic mass is 9.86. The van der Waals surface area contributed by atoms with Gasteiger partial charge in [0.25, 0.3) is 0 Å². The van der Waals surface area contributed by atoms with Crippen molar-refractivity contribution in [3.63, 3.8) is 0 Å². The molecule has 0 atom stereocenters. The highest BCUT2D eigenvalue weighted by molar-refractivity contribution is 5.89. The van der Waals surface area contributed by atoms with Gasteiger partial charge in [0, 0.05) is 35.9 Å². The second kappa shape index (κ2) is 11.2. The number of hydrogen-bond acceptors (Lipinski definition) is 2. The van der Waals surface area contributed by atoms with E-state index in [4.69, 9.17) is 4.74 Å². The summed E-state index contributed by atoms with van der Waals surface area (Å²) in [7, 11) is 2.46. The first-order valence-corrected chi connectivity index (χ1v) is 14.1. The highest BCUT2D eigenvalue weighted by Gasteiger charge is 2.36. The number of nitrogens with zero attached hydrogens (tertiary/aromatic N) is 1. The Morgan fingerprint density at radius 1 is 0.800 bits per heavy atom. The molecule has 0 bridgehead atoms. The summed E-state index contributed by atoms with van der Waals surface area (Å²) in [5.74, 6) is 2.28. The van der Waals surface area contributed by atoms with Crippen molar-refractivity contribution in [3.05, 3.63) is 59.7 Å². The molecule has 2 fully saturated rings. The maximum atomic E-state index is 13.6.